The standard InChI is InChI=1S/C28H44O4S/c1-19(2)20(3)9-10-22(5)26-15-16-27-23(8-7-17-28(26,27)6)12-13-24-18-25(14-11-21(24)4)32-33(29,30)31/h9-10,12-13,19-20,22,25-27H,4,7-8,11,14-18H2,1-3,5-6H3,(H,29,30,31)/b10-9+,23-12+,24-13-/t20-,22+,25+,26+,27-,28+/m0/s1. The number of allylic oxidation sites excluding steroid dienone is 6. The van der Waals surface area contributed by atoms with Crippen molar-refractivity contribution in [2.24, 2.45) is 35.0 Å². The van der Waals surface area contributed by atoms with Crippen LogP contribution in [0.15, 0.2) is 47.6 Å². The minimum absolute atomic E-state index is 0.341. The maximum atomic E-state index is 11.1. The Morgan fingerprint density at radius 3 is 2.48 bits per heavy atom. The van der Waals surface area contributed by atoms with E-state index in [-0.39, 0.29) is 0 Å². The van der Waals surface area contributed by atoms with Crippen LogP contribution in [0.2, 0.25) is 0 Å². The average Bonchev–Trinajstić information content (AvgIpc) is 3.08. The van der Waals surface area contributed by atoms with Crippen molar-refractivity contribution in [2.75, 3.05) is 0 Å². The summed E-state index contributed by atoms with van der Waals surface area (Å²) in [5, 5.41) is 0. The molecule has 3 aliphatic rings. The van der Waals surface area contributed by atoms with E-state index in [2.05, 4.69) is 65.5 Å². The van der Waals surface area contributed by atoms with Crippen LogP contribution < -0.4 is 0 Å². The number of fused-ring (bicyclic) bond motifs is 1. The predicted molar refractivity (Wildman–Crippen MR) is 136 cm³/mol. The Balaban J connectivity index is 1.75. The highest BCUT2D eigenvalue weighted by Crippen LogP contribution is 2.59. The molecule has 0 radical (unpaired) electrons. The Kier molecular flexibility index (Phi) is 8.51. The normalized spacial score (nSPS) is 35.5. The molecule has 3 fully saturated rings. The zero-order valence-corrected chi connectivity index (χ0v) is 22.0. The van der Waals surface area contributed by atoms with Gasteiger partial charge in [-0.2, -0.15) is 8.42 Å². The molecule has 1 N–H and O–H groups in total. The number of rotatable bonds is 7. The molecule has 0 unspecified atom stereocenters. The Labute approximate surface area is 202 Å². The summed E-state index contributed by atoms with van der Waals surface area (Å²) < 4.78 is 36.2. The molecular formula is C28H44O4S. The van der Waals surface area contributed by atoms with Crippen LogP contribution in [0.25, 0.3) is 0 Å². The maximum Gasteiger partial charge on any atom is 0.397 e. The second-order valence-electron chi connectivity index (χ2n) is 11.4. The van der Waals surface area contributed by atoms with Gasteiger partial charge in [0, 0.05) is 6.42 Å². The van der Waals surface area contributed by atoms with E-state index in [0.29, 0.717) is 54.3 Å². The van der Waals surface area contributed by atoms with Crippen molar-refractivity contribution in [3.8, 4) is 0 Å². The van der Waals surface area contributed by atoms with E-state index in [4.69, 9.17) is 8.74 Å². The highest BCUT2D eigenvalue weighted by Gasteiger charge is 2.50. The first-order valence-corrected chi connectivity index (χ1v) is 14.2. The molecule has 33 heavy (non-hydrogen) atoms. The van der Waals surface area contributed by atoms with Gasteiger partial charge in [0.2, 0.25) is 0 Å². The summed E-state index contributed by atoms with van der Waals surface area (Å²) in [5.74, 6) is 3.22. The van der Waals surface area contributed by atoms with E-state index in [1.165, 1.54) is 31.3 Å². The van der Waals surface area contributed by atoms with Crippen molar-refractivity contribution in [2.45, 2.75) is 92.1 Å². The minimum atomic E-state index is -4.43. The van der Waals surface area contributed by atoms with E-state index < -0.39 is 16.5 Å². The van der Waals surface area contributed by atoms with Crippen molar-refractivity contribution >= 4 is 10.4 Å². The molecule has 0 amide bonds. The Hall–Kier alpha value is -1.17. The molecular weight excluding hydrogens is 432 g/mol. The van der Waals surface area contributed by atoms with Crippen LogP contribution in [0, 0.1) is 35.0 Å². The summed E-state index contributed by atoms with van der Waals surface area (Å²) in [5.41, 5.74) is 3.97. The summed E-state index contributed by atoms with van der Waals surface area (Å²) in [6.07, 6.45) is 16.8. The van der Waals surface area contributed by atoms with Gasteiger partial charge in [-0.3, -0.25) is 4.55 Å². The van der Waals surface area contributed by atoms with Crippen LogP contribution in [0.4, 0.5) is 0 Å². The first-order chi connectivity index (χ1) is 15.4. The maximum absolute atomic E-state index is 11.1. The molecule has 0 aliphatic heterocycles. The third-order valence-electron chi connectivity index (χ3n) is 8.87. The monoisotopic (exact) mass is 476 g/mol. The zero-order valence-electron chi connectivity index (χ0n) is 21.2. The summed E-state index contributed by atoms with van der Waals surface area (Å²) in [6, 6.07) is 0. The van der Waals surface area contributed by atoms with E-state index in [0.717, 1.165) is 17.6 Å². The van der Waals surface area contributed by atoms with Gasteiger partial charge in [0.1, 0.15) is 0 Å². The fourth-order valence-electron chi connectivity index (χ4n) is 6.49. The summed E-state index contributed by atoms with van der Waals surface area (Å²) in [7, 11) is -4.43. The van der Waals surface area contributed by atoms with Gasteiger partial charge >= 0.3 is 10.4 Å². The lowest BCUT2D eigenvalue weighted by atomic mass is 9.61. The van der Waals surface area contributed by atoms with Gasteiger partial charge in [0.25, 0.3) is 0 Å². The van der Waals surface area contributed by atoms with Crippen LogP contribution in [-0.2, 0) is 14.6 Å². The Bertz CT molecular complexity index is 910. The Morgan fingerprint density at radius 1 is 1.09 bits per heavy atom. The largest absolute Gasteiger partial charge is 0.397 e. The fraction of sp³-hybridized carbons (Fsp3) is 0.714. The minimum Gasteiger partial charge on any atom is -0.264 e. The quantitative estimate of drug-likeness (QED) is 0.306. The zero-order chi connectivity index (χ0) is 24.4. The molecule has 0 aromatic heterocycles. The SMILES string of the molecule is C=C1CC[C@@H](OS(=O)(=O)O)C/C1=C/C=C1\CCC[C@]2(C)[C@@H]([C@H](C)/C=C/[C@H](C)C(C)C)CC[C@@H]12. The van der Waals surface area contributed by atoms with Crippen molar-refractivity contribution in [3.05, 3.63) is 47.6 Å². The first-order valence-electron chi connectivity index (χ1n) is 12.8. The highest BCUT2D eigenvalue weighted by atomic mass is 32.3. The molecule has 6 atom stereocenters. The molecule has 0 heterocycles. The van der Waals surface area contributed by atoms with Crippen molar-refractivity contribution in [3.63, 3.8) is 0 Å². The van der Waals surface area contributed by atoms with Crippen LogP contribution in [0.3, 0.4) is 0 Å². The molecule has 0 aromatic rings. The van der Waals surface area contributed by atoms with Gasteiger partial charge in [-0.25, -0.2) is 4.18 Å². The van der Waals surface area contributed by atoms with Crippen molar-refractivity contribution < 1.29 is 17.2 Å². The second kappa shape index (κ2) is 10.6. The first kappa shape index (κ1) is 26.4. The van der Waals surface area contributed by atoms with Gasteiger partial charge in [0.15, 0.2) is 0 Å². The van der Waals surface area contributed by atoms with Crippen LogP contribution in [0.5, 0.6) is 0 Å². The smallest absolute Gasteiger partial charge is 0.264 e. The molecule has 5 heteroatoms. The molecule has 0 saturated heterocycles. The molecule has 4 nitrogen and oxygen atoms in total. The molecule has 3 rings (SSSR count). The lowest BCUT2D eigenvalue weighted by Crippen LogP contribution is -2.35. The lowest BCUT2D eigenvalue weighted by Gasteiger charge is -2.44. The molecule has 0 aromatic carbocycles. The molecule has 3 aliphatic carbocycles. The van der Waals surface area contributed by atoms with Gasteiger partial charge < -0.3 is 0 Å². The van der Waals surface area contributed by atoms with Crippen LogP contribution >= 0.6 is 0 Å². The molecule has 186 valence electrons. The topological polar surface area (TPSA) is 63.6 Å². The summed E-state index contributed by atoms with van der Waals surface area (Å²) in [6.45, 7) is 16.0. The van der Waals surface area contributed by atoms with Crippen LogP contribution in [0.1, 0.15) is 86.0 Å². The predicted octanol–water partition coefficient (Wildman–Crippen LogP) is 7.47. The summed E-state index contributed by atoms with van der Waals surface area (Å²) >= 11 is 0. The number of hydrogen-bond acceptors (Lipinski definition) is 3. The van der Waals surface area contributed by atoms with E-state index in [1.807, 2.05) is 0 Å². The second-order valence-corrected chi connectivity index (χ2v) is 12.4. The van der Waals surface area contributed by atoms with Crippen LogP contribution in [-0.4, -0.2) is 19.1 Å². The third kappa shape index (κ3) is 6.49. The van der Waals surface area contributed by atoms with Crippen molar-refractivity contribution in [1.29, 1.82) is 0 Å². The summed E-state index contributed by atoms with van der Waals surface area (Å²) in [4.78, 5) is 0. The van der Waals surface area contributed by atoms with E-state index >= 15 is 0 Å². The Morgan fingerprint density at radius 2 is 1.82 bits per heavy atom. The fourth-order valence-corrected chi connectivity index (χ4v) is 6.99. The molecule has 0 bridgehead atoms. The highest BCUT2D eigenvalue weighted by molar-refractivity contribution is 7.80. The lowest BCUT2D eigenvalue weighted by molar-refractivity contribution is 0.112. The van der Waals surface area contributed by atoms with Crippen molar-refractivity contribution in [1.82, 2.24) is 0 Å². The molecule has 0 spiro atoms. The third-order valence-corrected chi connectivity index (χ3v) is 9.38. The molecule has 3 saturated carbocycles. The average molecular weight is 477 g/mol. The van der Waals surface area contributed by atoms with Gasteiger partial charge in [-0.1, -0.05) is 76.6 Å². The van der Waals surface area contributed by atoms with Gasteiger partial charge in [-0.05, 0) is 85.5 Å². The van der Waals surface area contributed by atoms with Gasteiger partial charge in [0.05, 0.1) is 6.10 Å². The number of hydrogen-bond donors (Lipinski definition) is 1. The van der Waals surface area contributed by atoms with E-state index in [9.17, 15) is 8.42 Å². The van der Waals surface area contributed by atoms with E-state index in [1.54, 1.807) is 0 Å². The van der Waals surface area contributed by atoms with Gasteiger partial charge in [-0.15, -0.1) is 0 Å².